The minimum absolute atomic E-state index is 0.0156. The summed E-state index contributed by atoms with van der Waals surface area (Å²) in [6.07, 6.45) is 2.85. The van der Waals surface area contributed by atoms with Crippen molar-refractivity contribution in [2.45, 2.75) is 38.4 Å². The first-order chi connectivity index (χ1) is 15.9. The number of aromatic nitrogens is 2. The van der Waals surface area contributed by atoms with Crippen molar-refractivity contribution >= 4 is 5.91 Å². The van der Waals surface area contributed by atoms with E-state index in [4.69, 9.17) is 9.47 Å². The van der Waals surface area contributed by atoms with Crippen molar-refractivity contribution in [2.75, 3.05) is 26.9 Å². The molecule has 0 spiro atoms. The van der Waals surface area contributed by atoms with Gasteiger partial charge >= 0.3 is 0 Å². The summed E-state index contributed by atoms with van der Waals surface area (Å²) in [5.41, 5.74) is -0.537. The van der Waals surface area contributed by atoms with Crippen molar-refractivity contribution in [1.82, 2.24) is 20.2 Å². The second kappa shape index (κ2) is 11.1. The maximum atomic E-state index is 13.7. The molecule has 0 unspecified atom stereocenters. The van der Waals surface area contributed by atoms with E-state index in [1.54, 1.807) is 13.1 Å². The largest absolute Gasteiger partial charge is 0.501 e. The van der Waals surface area contributed by atoms with E-state index in [1.807, 2.05) is 6.92 Å². The van der Waals surface area contributed by atoms with Gasteiger partial charge in [0.05, 0.1) is 31.9 Å². The third-order valence-corrected chi connectivity index (χ3v) is 5.47. The molecule has 33 heavy (non-hydrogen) atoms. The number of carbonyl (C=O) groups is 1. The fourth-order valence-corrected chi connectivity index (χ4v) is 3.60. The summed E-state index contributed by atoms with van der Waals surface area (Å²) in [5, 5.41) is 16.2. The Hall–Kier alpha value is -3.24. The average molecular weight is 461 g/mol. The van der Waals surface area contributed by atoms with E-state index < -0.39 is 29.1 Å². The van der Waals surface area contributed by atoms with Gasteiger partial charge in [-0.3, -0.25) is 14.2 Å². The van der Waals surface area contributed by atoms with Crippen molar-refractivity contribution in [3.8, 4) is 11.5 Å². The lowest BCUT2D eigenvalue weighted by molar-refractivity contribution is 0.0941. The summed E-state index contributed by atoms with van der Waals surface area (Å²) >= 11 is 0. The van der Waals surface area contributed by atoms with Gasteiger partial charge in [-0.2, -0.15) is 0 Å². The number of amides is 1. The first kappa shape index (κ1) is 24.4. The van der Waals surface area contributed by atoms with Crippen LogP contribution in [0, 0.1) is 5.82 Å². The van der Waals surface area contributed by atoms with E-state index in [2.05, 4.69) is 22.2 Å². The lowest BCUT2D eigenvalue weighted by atomic mass is 10.1. The van der Waals surface area contributed by atoms with Crippen molar-refractivity contribution < 1.29 is 23.8 Å². The number of fused-ring (bicyclic) bond motifs is 1. The Morgan fingerprint density at radius 2 is 2.24 bits per heavy atom. The topological polar surface area (TPSA) is 115 Å². The molecular weight excluding hydrogens is 431 g/mol. The van der Waals surface area contributed by atoms with Crippen LogP contribution in [0.1, 0.15) is 53.7 Å². The zero-order chi connectivity index (χ0) is 24.0. The van der Waals surface area contributed by atoms with Gasteiger partial charge in [-0.15, -0.1) is 6.58 Å². The third kappa shape index (κ3) is 5.40. The summed E-state index contributed by atoms with van der Waals surface area (Å²) in [5.74, 6) is -1.32. The van der Waals surface area contributed by atoms with Gasteiger partial charge in [0.25, 0.3) is 11.5 Å². The highest BCUT2D eigenvalue weighted by atomic mass is 19.1. The van der Waals surface area contributed by atoms with Crippen LogP contribution in [-0.2, 0) is 11.3 Å². The second-order valence-corrected chi connectivity index (χ2v) is 7.64. The summed E-state index contributed by atoms with van der Waals surface area (Å²) in [6, 6.07) is 3.25. The molecule has 0 saturated heterocycles. The average Bonchev–Trinajstić information content (AvgIpc) is 2.99. The molecule has 1 amide bonds. The minimum Gasteiger partial charge on any atom is -0.501 e. The van der Waals surface area contributed by atoms with Gasteiger partial charge in [0.2, 0.25) is 5.75 Å². The fourth-order valence-electron chi connectivity index (χ4n) is 3.60. The zero-order valence-corrected chi connectivity index (χ0v) is 18.8. The Morgan fingerprint density at radius 1 is 1.45 bits per heavy atom. The highest BCUT2D eigenvalue weighted by Gasteiger charge is 2.30. The normalized spacial score (nSPS) is 17.7. The van der Waals surface area contributed by atoms with Gasteiger partial charge in [-0.05, 0) is 26.0 Å². The molecule has 0 radical (unpaired) electrons. The summed E-state index contributed by atoms with van der Waals surface area (Å²) < 4.78 is 26.3. The summed E-state index contributed by atoms with van der Waals surface area (Å²) in [4.78, 5) is 30.2. The van der Waals surface area contributed by atoms with Gasteiger partial charge in [0, 0.05) is 18.2 Å². The number of hydrogen-bond donors (Lipinski definition) is 3. The van der Waals surface area contributed by atoms with Crippen LogP contribution in [0.5, 0.6) is 11.5 Å². The van der Waals surface area contributed by atoms with Crippen LogP contribution in [-0.4, -0.2) is 47.4 Å². The standard InChI is InChI=1S/C23H29FN4O5/c1-4-6-9-33-18-10-15(24)8-7-14(18)11-26-22(30)19-20(29)23(31)28-16(5-2)12-32-13-17(25-3)21(28)27-19/h4,7-8,10,16-17,25,29H,1,5-6,9,11-13H2,2-3H3,(H,26,30)/t16-,17+/m0/s1. The lowest BCUT2D eigenvalue weighted by Crippen LogP contribution is -2.36. The maximum absolute atomic E-state index is 13.7. The number of halogens is 1. The molecule has 1 aromatic carbocycles. The van der Waals surface area contributed by atoms with Gasteiger partial charge in [0.1, 0.15) is 17.4 Å². The molecule has 3 rings (SSSR count). The monoisotopic (exact) mass is 460 g/mol. The predicted octanol–water partition coefficient (Wildman–Crippen LogP) is 2.21. The Balaban J connectivity index is 1.88. The number of aromatic hydroxyl groups is 1. The van der Waals surface area contributed by atoms with Crippen LogP contribution in [0.3, 0.4) is 0 Å². The van der Waals surface area contributed by atoms with Crippen LogP contribution in [0.25, 0.3) is 0 Å². The first-order valence-corrected chi connectivity index (χ1v) is 10.8. The highest BCUT2D eigenvalue weighted by Crippen LogP contribution is 2.25. The molecule has 1 aliphatic heterocycles. The number of nitrogens with one attached hydrogen (secondary N) is 2. The number of benzene rings is 1. The molecule has 3 N–H and O–H groups in total. The molecule has 9 nitrogen and oxygen atoms in total. The Labute approximate surface area is 191 Å². The number of hydrogen-bond acceptors (Lipinski definition) is 7. The van der Waals surface area contributed by atoms with Crippen LogP contribution < -0.4 is 20.9 Å². The number of rotatable bonds is 9. The van der Waals surface area contributed by atoms with Gasteiger partial charge < -0.3 is 25.2 Å². The molecule has 1 aliphatic rings. The van der Waals surface area contributed by atoms with Crippen molar-refractivity contribution in [1.29, 1.82) is 0 Å². The Morgan fingerprint density at radius 3 is 2.94 bits per heavy atom. The molecule has 1 aromatic heterocycles. The van der Waals surface area contributed by atoms with Crippen molar-refractivity contribution in [2.24, 2.45) is 0 Å². The zero-order valence-electron chi connectivity index (χ0n) is 18.8. The minimum atomic E-state index is -0.734. The molecule has 178 valence electrons. The maximum Gasteiger partial charge on any atom is 0.296 e. The van der Waals surface area contributed by atoms with Crippen LogP contribution in [0.15, 0.2) is 35.6 Å². The van der Waals surface area contributed by atoms with Crippen LogP contribution >= 0.6 is 0 Å². The molecule has 2 aromatic rings. The van der Waals surface area contributed by atoms with E-state index >= 15 is 0 Å². The van der Waals surface area contributed by atoms with Crippen LogP contribution in [0.2, 0.25) is 0 Å². The first-order valence-electron chi connectivity index (χ1n) is 10.8. The van der Waals surface area contributed by atoms with E-state index in [9.17, 15) is 19.1 Å². The Bertz CT molecular complexity index is 1070. The van der Waals surface area contributed by atoms with Gasteiger partial charge in [-0.1, -0.05) is 19.1 Å². The predicted molar refractivity (Wildman–Crippen MR) is 120 cm³/mol. The quantitative estimate of drug-likeness (QED) is 0.388. The lowest BCUT2D eigenvalue weighted by Gasteiger charge is -2.21. The van der Waals surface area contributed by atoms with Crippen LogP contribution in [0.4, 0.5) is 4.39 Å². The number of likely N-dealkylation sites (N-methyl/N-ethyl adjacent to an activating group) is 1. The summed E-state index contributed by atoms with van der Waals surface area (Å²) in [7, 11) is 1.70. The molecule has 0 aliphatic carbocycles. The van der Waals surface area contributed by atoms with E-state index in [-0.39, 0.29) is 30.6 Å². The van der Waals surface area contributed by atoms with Gasteiger partial charge in [0.15, 0.2) is 5.69 Å². The van der Waals surface area contributed by atoms with E-state index in [0.717, 1.165) is 0 Å². The smallest absolute Gasteiger partial charge is 0.296 e. The molecule has 2 atom stereocenters. The molecule has 0 saturated carbocycles. The van der Waals surface area contributed by atoms with Crippen molar-refractivity contribution in [3.63, 3.8) is 0 Å². The Kier molecular flexibility index (Phi) is 8.18. The van der Waals surface area contributed by atoms with E-state index in [0.29, 0.717) is 37.4 Å². The summed E-state index contributed by atoms with van der Waals surface area (Å²) in [6.45, 7) is 6.38. The number of carbonyl (C=O) groups excluding carboxylic acids is 1. The van der Waals surface area contributed by atoms with Gasteiger partial charge in [-0.25, -0.2) is 9.37 Å². The SMILES string of the molecule is C=CCCOc1cc(F)ccc1CNC(=O)c1nc2n(c(=O)c1O)[C@@H](CC)COC[C@H]2NC. The molecule has 0 fully saturated rings. The highest BCUT2D eigenvalue weighted by molar-refractivity contribution is 5.94. The molecule has 0 bridgehead atoms. The van der Waals surface area contributed by atoms with Crippen molar-refractivity contribution in [3.05, 3.63) is 64.1 Å². The molecular formula is C23H29FN4O5. The fraction of sp³-hybridized carbons (Fsp3) is 0.435. The van der Waals surface area contributed by atoms with E-state index in [1.165, 1.54) is 22.8 Å². The number of nitrogens with zero attached hydrogens (tertiary/aromatic N) is 2. The second-order valence-electron chi connectivity index (χ2n) is 7.64. The molecule has 10 heteroatoms. The molecule has 2 heterocycles. The number of ether oxygens (including phenoxy) is 2. The third-order valence-electron chi connectivity index (χ3n) is 5.47.